The molecule has 2 atom stereocenters. The Bertz CT molecular complexity index is 1490. The van der Waals surface area contributed by atoms with Crippen LogP contribution in [0.4, 0.5) is 23.1 Å². The van der Waals surface area contributed by atoms with E-state index in [2.05, 4.69) is 54.6 Å². The van der Waals surface area contributed by atoms with Gasteiger partial charge in [-0.25, -0.2) is 19.6 Å². The van der Waals surface area contributed by atoms with Gasteiger partial charge >= 0.3 is 5.69 Å². The van der Waals surface area contributed by atoms with E-state index < -0.39 is 11.3 Å². The van der Waals surface area contributed by atoms with Crippen molar-refractivity contribution in [3.8, 4) is 11.4 Å². The van der Waals surface area contributed by atoms with Gasteiger partial charge in [0.15, 0.2) is 0 Å². The maximum Gasteiger partial charge on any atom is 0.368 e. The van der Waals surface area contributed by atoms with Crippen LogP contribution in [0.5, 0.6) is 5.75 Å². The van der Waals surface area contributed by atoms with Crippen LogP contribution >= 0.6 is 0 Å². The molecule has 2 saturated heterocycles. The van der Waals surface area contributed by atoms with E-state index in [1.165, 1.54) is 26.1 Å². The molecule has 3 N–H and O–H groups in total. The number of benzene rings is 1. The van der Waals surface area contributed by atoms with Crippen molar-refractivity contribution in [2.45, 2.75) is 76.6 Å². The van der Waals surface area contributed by atoms with Crippen LogP contribution in [0.1, 0.15) is 53.4 Å². The summed E-state index contributed by atoms with van der Waals surface area (Å²) in [4.78, 5) is 27.9. The van der Waals surface area contributed by atoms with E-state index in [9.17, 15) is 9.90 Å². The van der Waals surface area contributed by atoms with Gasteiger partial charge in [0, 0.05) is 36.6 Å². The molecule has 0 aliphatic carbocycles. The number of tetrazole rings is 1. The number of anilines is 3. The van der Waals surface area contributed by atoms with E-state index in [0.29, 0.717) is 40.6 Å². The lowest BCUT2D eigenvalue weighted by molar-refractivity contribution is 0.0411. The highest BCUT2D eigenvalue weighted by Gasteiger charge is 2.43. The molecule has 2 aliphatic rings. The minimum absolute atomic E-state index is 0.0761. The van der Waals surface area contributed by atoms with E-state index in [4.69, 9.17) is 11.3 Å². The molecule has 2 aromatic heterocycles. The van der Waals surface area contributed by atoms with Crippen molar-refractivity contribution >= 4 is 23.1 Å². The normalized spacial score (nSPS) is 20.5. The van der Waals surface area contributed by atoms with Crippen LogP contribution in [0, 0.1) is 6.57 Å². The minimum atomic E-state index is -0.891. The minimum Gasteiger partial charge on any atom is -0.483 e. The summed E-state index contributed by atoms with van der Waals surface area (Å²) in [7, 11) is 1.51. The fourth-order valence-corrected chi connectivity index (χ4v) is 5.71. The largest absolute Gasteiger partial charge is 0.483 e. The van der Waals surface area contributed by atoms with Gasteiger partial charge in [0.1, 0.15) is 22.9 Å². The molecule has 0 radical (unpaired) electrons. The highest BCUT2D eigenvalue weighted by molar-refractivity contribution is 5.68. The van der Waals surface area contributed by atoms with Crippen LogP contribution < -0.4 is 21.1 Å². The Morgan fingerprint density at radius 1 is 1.30 bits per heavy atom. The summed E-state index contributed by atoms with van der Waals surface area (Å²) >= 11 is 0. The van der Waals surface area contributed by atoms with E-state index in [1.807, 2.05) is 0 Å². The molecule has 0 spiro atoms. The third-order valence-electron chi connectivity index (χ3n) is 7.62. The zero-order chi connectivity index (χ0) is 28.7. The first-order valence-electron chi connectivity index (χ1n) is 13.5. The first-order chi connectivity index (χ1) is 19.0. The van der Waals surface area contributed by atoms with Crippen LogP contribution in [0.15, 0.2) is 29.2 Å². The molecule has 3 aromatic rings. The van der Waals surface area contributed by atoms with Crippen LogP contribution in [0.3, 0.4) is 0 Å². The molecule has 13 heteroatoms. The number of hydrogen-bond donors (Lipinski definition) is 3. The van der Waals surface area contributed by atoms with Crippen molar-refractivity contribution < 1.29 is 9.84 Å². The van der Waals surface area contributed by atoms with Gasteiger partial charge in [0.2, 0.25) is 11.6 Å². The second-order valence-corrected chi connectivity index (χ2v) is 11.7. The number of nitrogens with zero attached hydrogens (tertiary/aromatic N) is 8. The summed E-state index contributed by atoms with van der Waals surface area (Å²) in [6.07, 6.45) is 5.89. The van der Waals surface area contributed by atoms with Crippen LogP contribution in [-0.4, -0.2) is 76.1 Å². The number of fused-ring (bicyclic) bond motifs is 1. The molecular formula is C27H36N10O3. The summed E-state index contributed by atoms with van der Waals surface area (Å²) in [5.41, 5.74) is 0.00289. The summed E-state index contributed by atoms with van der Waals surface area (Å²) in [6.45, 7) is 16.6. The lowest BCUT2D eigenvalue weighted by atomic mass is 9.84. The first-order valence-corrected chi connectivity index (χ1v) is 13.5. The second kappa shape index (κ2) is 10.5. The van der Waals surface area contributed by atoms with Gasteiger partial charge in [0.25, 0.3) is 0 Å². The number of aliphatic hydroxyl groups excluding tert-OH is 1. The van der Waals surface area contributed by atoms with Crippen LogP contribution in [0.25, 0.3) is 10.5 Å². The first kappa shape index (κ1) is 27.5. The Morgan fingerprint density at radius 3 is 2.80 bits per heavy atom. The van der Waals surface area contributed by atoms with Crippen molar-refractivity contribution in [1.82, 2.24) is 34.7 Å². The van der Waals surface area contributed by atoms with Gasteiger partial charge in [0.05, 0.1) is 13.2 Å². The van der Waals surface area contributed by atoms with Crippen molar-refractivity contribution in [2.24, 2.45) is 7.05 Å². The predicted octanol–water partition coefficient (Wildman–Crippen LogP) is 3.02. The molecule has 1 aromatic carbocycles. The number of ether oxygens (including phenoxy) is 1. The van der Waals surface area contributed by atoms with Crippen molar-refractivity contribution in [3.63, 3.8) is 0 Å². The van der Waals surface area contributed by atoms with Crippen molar-refractivity contribution in [2.75, 3.05) is 23.8 Å². The third-order valence-corrected chi connectivity index (χ3v) is 7.62. The standard InChI is InChI=1S/C27H36N10O3/c1-26(2)14-18(12-19-8-7-11-36(19)26)30-23-20(28-5)15-29-24(32-23)31-17-9-10-22(40-27(3,4)16-38)21(13-17)37-25(39)35(6)33-34-37/h9-10,13,15,18-19,38H,7-8,11-12,14,16H2,1-4,6H3,(H2,29,30,31,32)/t18-,19+/m1/s1. The number of rotatable bonds is 8. The van der Waals surface area contributed by atoms with Gasteiger partial charge in [-0.15, -0.1) is 0 Å². The highest BCUT2D eigenvalue weighted by Crippen LogP contribution is 2.39. The van der Waals surface area contributed by atoms with Crippen LogP contribution in [0.2, 0.25) is 0 Å². The molecule has 0 unspecified atom stereocenters. The lowest BCUT2D eigenvalue weighted by Gasteiger charge is -2.48. The molecule has 40 heavy (non-hydrogen) atoms. The Hall–Kier alpha value is -4.02. The average Bonchev–Trinajstić information content (AvgIpc) is 3.52. The summed E-state index contributed by atoms with van der Waals surface area (Å²) in [5.74, 6) is 1.14. The third kappa shape index (κ3) is 5.50. The number of hydrogen-bond acceptors (Lipinski definition) is 10. The van der Waals surface area contributed by atoms with Crippen molar-refractivity contribution in [3.05, 3.63) is 46.3 Å². The van der Waals surface area contributed by atoms with Crippen LogP contribution in [-0.2, 0) is 7.05 Å². The van der Waals surface area contributed by atoms with E-state index in [1.54, 1.807) is 32.0 Å². The lowest BCUT2D eigenvalue weighted by Crippen LogP contribution is -2.55. The Labute approximate surface area is 233 Å². The zero-order valence-corrected chi connectivity index (χ0v) is 23.5. The molecule has 4 heterocycles. The van der Waals surface area contributed by atoms with Gasteiger partial charge in [-0.1, -0.05) is 0 Å². The number of aryl methyl sites for hydroxylation is 1. The second-order valence-electron chi connectivity index (χ2n) is 11.7. The van der Waals surface area contributed by atoms with E-state index in [-0.39, 0.29) is 18.2 Å². The molecule has 2 aliphatic heterocycles. The Kier molecular flexibility index (Phi) is 7.24. The summed E-state index contributed by atoms with van der Waals surface area (Å²) < 4.78 is 8.23. The molecule has 5 rings (SSSR count). The smallest absolute Gasteiger partial charge is 0.368 e. The Morgan fingerprint density at radius 2 is 2.10 bits per heavy atom. The molecule has 212 valence electrons. The summed E-state index contributed by atoms with van der Waals surface area (Å²) in [5, 5.41) is 24.2. The Balaban J connectivity index is 1.42. The number of nitrogens with one attached hydrogen (secondary N) is 2. The monoisotopic (exact) mass is 548 g/mol. The fourth-order valence-electron chi connectivity index (χ4n) is 5.71. The fraction of sp³-hybridized carbons (Fsp3) is 0.556. The quantitative estimate of drug-likeness (QED) is 0.360. The number of aromatic nitrogens is 6. The van der Waals surface area contributed by atoms with E-state index in [0.717, 1.165) is 28.8 Å². The van der Waals surface area contributed by atoms with Crippen molar-refractivity contribution in [1.29, 1.82) is 0 Å². The maximum atomic E-state index is 12.7. The predicted molar refractivity (Wildman–Crippen MR) is 150 cm³/mol. The van der Waals surface area contributed by atoms with Gasteiger partial charge in [-0.3, -0.25) is 4.90 Å². The van der Waals surface area contributed by atoms with Gasteiger partial charge in [-0.05, 0) is 88.5 Å². The molecule has 2 fully saturated rings. The molecule has 13 nitrogen and oxygen atoms in total. The summed E-state index contributed by atoms with van der Waals surface area (Å²) in [6, 6.07) is 5.85. The molecule has 0 bridgehead atoms. The highest BCUT2D eigenvalue weighted by atomic mass is 16.5. The van der Waals surface area contributed by atoms with Gasteiger partial charge in [-0.2, -0.15) is 9.36 Å². The SMILES string of the molecule is [C-]#[N+]c1cnc(Nc2ccc(OC(C)(C)CO)c(-n3nnn(C)c3=O)c2)nc1N[C@@H]1C[C@@H]2CCCN2C(C)(C)C1. The number of piperidine rings is 1. The maximum absolute atomic E-state index is 12.7. The van der Waals surface area contributed by atoms with Gasteiger partial charge < -0.3 is 20.5 Å². The zero-order valence-electron chi connectivity index (χ0n) is 23.5. The number of aliphatic hydroxyl groups is 1. The molecule has 0 saturated carbocycles. The molecular weight excluding hydrogens is 512 g/mol. The van der Waals surface area contributed by atoms with E-state index >= 15 is 0 Å². The topological polar surface area (TPSA) is 140 Å². The molecule has 0 amide bonds. The average molecular weight is 549 g/mol.